The molecule has 1 rings (SSSR count). The quantitative estimate of drug-likeness (QED) is 0.734. The van der Waals surface area contributed by atoms with Gasteiger partial charge in [0.05, 0.1) is 6.10 Å². The predicted molar refractivity (Wildman–Crippen MR) is 54.7 cm³/mol. The Bertz CT molecular complexity index is 309. The third-order valence-corrected chi connectivity index (χ3v) is 1.99. The van der Waals surface area contributed by atoms with Crippen molar-refractivity contribution in [1.82, 2.24) is 0 Å². The van der Waals surface area contributed by atoms with Crippen LogP contribution in [0.2, 0.25) is 5.02 Å². The van der Waals surface area contributed by atoms with Crippen LogP contribution in [0.15, 0.2) is 42.7 Å². The summed E-state index contributed by atoms with van der Waals surface area (Å²) in [6.07, 6.45) is 1.75. The summed E-state index contributed by atoms with van der Waals surface area (Å²) in [5.41, 5.74) is 3.48. The monoisotopic (exact) mass is 194 g/mol. The number of halogens is 1. The van der Waals surface area contributed by atoms with Gasteiger partial charge in [0.25, 0.3) is 0 Å². The van der Waals surface area contributed by atoms with Crippen LogP contribution in [0.4, 0.5) is 0 Å². The van der Waals surface area contributed by atoms with E-state index >= 15 is 0 Å². The Morgan fingerprint density at radius 1 is 1.46 bits per heavy atom. The zero-order chi connectivity index (χ0) is 9.68. The maximum atomic E-state index is 9.60. The van der Waals surface area contributed by atoms with Crippen LogP contribution in [-0.4, -0.2) is 5.11 Å². The van der Waals surface area contributed by atoms with Gasteiger partial charge in [-0.2, -0.15) is 0 Å². The first kappa shape index (κ1) is 10.1. The molecular formula is C11H11ClO. The molecule has 0 amide bonds. The Balaban J connectivity index is 2.71. The van der Waals surface area contributed by atoms with Crippen LogP contribution in [0.1, 0.15) is 18.1 Å². The molecule has 13 heavy (non-hydrogen) atoms. The summed E-state index contributed by atoms with van der Waals surface area (Å²) in [6, 6.07) is 7.14. The minimum absolute atomic E-state index is 0.494. The molecule has 0 aliphatic rings. The van der Waals surface area contributed by atoms with Gasteiger partial charge < -0.3 is 5.11 Å². The predicted octanol–water partition coefficient (Wildman–Crippen LogP) is 3.10. The van der Waals surface area contributed by atoms with E-state index in [0.717, 1.165) is 5.56 Å². The molecule has 68 valence electrons. The van der Waals surface area contributed by atoms with Gasteiger partial charge in [0.1, 0.15) is 0 Å². The van der Waals surface area contributed by atoms with Crippen LogP contribution in [0.25, 0.3) is 0 Å². The Morgan fingerprint density at radius 2 is 2.08 bits per heavy atom. The number of aliphatic hydroxyl groups is 1. The second-order valence-corrected chi connectivity index (χ2v) is 3.15. The lowest BCUT2D eigenvalue weighted by Crippen LogP contribution is -1.94. The van der Waals surface area contributed by atoms with Crippen molar-refractivity contribution in [2.75, 3.05) is 0 Å². The molecule has 0 saturated carbocycles. The van der Waals surface area contributed by atoms with Crippen molar-refractivity contribution >= 4 is 11.6 Å². The summed E-state index contributed by atoms with van der Waals surface area (Å²) >= 11 is 5.71. The van der Waals surface area contributed by atoms with E-state index in [1.165, 1.54) is 0 Å². The lowest BCUT2D eigenvalue weighted by molar-refractivity contribution is 0.181. The second kappa shape index (κ2) is 4.88. The molecular weight excluding hydrogens is 184 g/mol. The number of aliphatic hydroxyl groups excluding tert-OH is 1. The maximum absolute atomic E-state index is 9.60. The summed E-state index contributed by atoms with van der Waals surface area (Å²) in [6.45, 7) is 3.43. The molecule has 0 unspecified atom stereocenters. The Labute approximate surface area is 83.0 Å². The van der Waals surface area contributed by atoms with E-state index in [1.54, 1.807) is 18.2 Å². The van der Waals surface area contributed by atoms with Crippen LogP contribution in [0, 0.1) is 0 Å². The Morgan fingerprint density at radius 3 is 2.62 bits per heavy atom. The lowest BCUT2D eigenvalue weighted by atomic mass is 10.1. The Kier molecular flexibility index (Phi) is 3.78. The Hall–Kier alpha value is -1.01. The fourth-order valence-corrected chi connectivity index (χ4v) is 1.14. The van der Waals surface area contributed by atoms with Crippen LogP contribution in [-0.2, 0) is 0 Å². The van der Waals surface area contributed by atoms with E-state index in [1.807, 2.05) is 12.1 Å². The molecule has 1 N–H and O–H groups in total. The van der Waals surface area contributed by atoms with Gasteiger partial charge in [-0.25, -0.2) is 0 Å². The van der Waals surface area contributed by atoms with Crippen LogP contribution >= 0.6 is 11.6 Å². The van der Waals surface area contributed by atoms with Crippen molar-refractivity contribution in [3.8, 4) is 0 Å². The highest BCUT2D eigenvalue weighted by molar-refractivity contribution is 6.30. The largest absolute Gasteiger partial charge is 0.388 e. The zero-order valence-corrected chi connectivity index (χ0v) is 7.96. The molecule has 2 heteroatoms. The highest BCUT2D eigenvalue weighted by Crippen LogP contribution is 2.18. The fourth-order valence-electron chi connectivity index (χ4n) is 1.02. The van der Waals surface area contributed by atoms with E-state index < -0.39 is 6.10 Å². The van der Waals surface area contributed by atoms with Crippen molar-refractivity contribution in [2.24, 2.45) is 0 Å². The first-order valence-electron chi connectivity index (χ1n) is 4.02. The number of hydrogen-bond acceptors (Lipinski definition) is 1. The molecule has 0 heterocycles. The van der Waals surface area contributed by atoms with E-state index in [0.29, 0.717) is 11.4 Å². The van der Waals surface area contributed by atoms with E-state index in [-0.39, 0.29) is 0 Å². The van der Waals surface area contributed by atoms with Gasteiger partial charge in [-0.3, -0.25) is 0 Å². The number of rotatable bonds is 3. The minimum Gasteiger partial charge on any atom is -0.388 e. The highest BCUT2D eigenvalue weighted by Gasteiger charge is 2.03. The van der Waals surface area contributed by atoms with Gasteiger partial charge in [0.15, 0.2) is 0 Å². The minimum atomic E-state index is -0.494. The molecule has 1 nitrogen and oxygen atoms in total. The molecule has 0 saturated heterocycles. The van der Waals surface area contributed by atoms with Crippen LogP contribution in [0.5, 0.6) is 0 Å². The molecule has 1 atom stereocenters. The molecule has 1 aromatic rings. The van der Waals surface area contributed by atoms with E-state index in [4.69, 9.17) is 11.6 Å². The summed E-state index contributed by atoms with van der Waals surface area (Å²) in [4.78, 5) is 0. The first-order valence-corrected chi connectivity index (χ1v) is 4.39. The van der Waals surface area contributed by atoms with Gasteiger partial charge in [0, 0.05) is 11.4 Å². The first-order chi connectivity index (χ1) is 6.24. The zero-order valence-electron chi connectivity index (χ0n) is 7.20. The van der Waals surface area contributed by atoms with Gasteiger partial charge in [-0.15, -0.1) is 5.73 Å². The second-order valence-electron chi connectivity index (χ2n) is 2.71. The third kappa shape index (κ3) is 3.08. The smallest absolute Gasteiger partial charge is 0.0830 e. The molecule has 0 radical (unpaired) electrons. The summed E-state index contributed by atoms with van der Waals surface area (Å²) < 4.78 is 0. The van der Waals surface area contributed by atoms with Crippen molar-refractivity contribution in [3.05, 3.63) is 53.2 Å². The SMILES string of the molecule is C=C=CC[C@@H](O)c1ccc(Cl)cc1. The van der Waals surface area contributed by atoms with Crippen LogP contribution < -0.4 is 0 Å². The summed E-state index contributed by atoms with van der Waals surface area (Å²) in [5.74, 6) is 0. The third-order valence-electron chi connectivity index (χ3n) is 1.74. The fraction of sp³-hybridized carbons (Fsp3) is 0.182. The molecule has 0 aliphatic heterocycles. The average Bonchev–Trinajstić information content (AvgIpc) is 2.15. The van der Waals surface area contributed by atoms with Crippen LogP contribution in [0.3, 0.4) is 0 Å². The standard InChI is InChI=1S/C11H11ClO/c1-2-3-4-11(13)9-5-7-10(12)8-6-9/h3,5-8,11,13H,1,4H2/t11-/m1/s1. The van der Waals surface area contributed by atoms with Gasteiger partial charge in [0.2, 0.25) is 0 Å². The number of benzene rings is 1. The molecule has 0 spiro atoms. The normalized spacial score (nSPS) is 11.8. The van der Waals surface area contributed by atoms with Gasteiger partial charge >= 0.3 is 0 Å². The lowest BCUT2D eigenvalue weighted by Gasteiger charge is -2.07. The van der Waals surface area contributed by atoms with E-state index in [9.17, 15) is 5.11 Å². The van der Waals surface area contributed by atoms with Crippen molar-refractivity contribution in [2.45, 2.75) is 12.5 Å². The molecule has 0 aromatic heterocycles. The average molecular weight is 195 g/mol. The maximum Gasteiger partial charge on any atom is 0.0830 e. The van der Waals surface area contributed by atoms with Gasteiger partial charge in [-0.05, 0) is 23.8 Å². The topological polar surface area (TPSA) is 20.2 Å². The van der Waals surface area contributed by atoms with Crippen molar-refractivity contribution in [1.29, 1.82) is 0 Å². The van der Waals surface area contributed by atoms with Crippen molar-refractivity contribution in [3.63, 3.8) is 0 Å². The number of hydrogen-bond donors (Lipinski definition) is 1. The van der Waals surface area contributed by atoms with E-state index in [2.05, 4.69) is 12.3 Å². The molecule has 0 fully saturated rings. The summed E-state index contributed by atoms with van der Waals surface area (Å²) in [5, 5.41) is 10.3. The molecule has 0 aliphatic carbocycles. The van der Waals surface area contributed by atoms with Gasteiger partial charge in [-0.1, -0.05) is 30.3 Å². The van der Waals surface area contributed by atoms with Crippen molar-refractivity contribution < 1.29 is 5.11 Å². The summed E-state index contributed by atoms with van der Waals surface area (Å²) in [7, 11) is 0. The molecule has 1 aromatic carbocycles. The highest BCUT2D eigenvalue weighted by atomic mass is 35.5. The molecule has 0 bridgehead atoms.